The Morgan fingerprint density at radius 1 is 0.933 bits per heavy atom. The van der Waals surface area contributed by atoms with Gasteiger partial charge in [0, 0.05) is 17.5 Å². The summed E-state index contributed by atoms with van der Waals surface area (Å²) >= 11 is 0. The highest BCUT2D eigenvalue weighted by Gasteiger charge is 2.39. The van der Waals surface area contributed by atoms with E-state index in [0.717, 1.165) is 61.2 Å². The van der Waals surface area contributed by atoms with E-state index >= 15 is 0 Å². The summed E-state index contributed by atoms with van der Waals surface area (Å²) < 4.78 is 18.0. The summed E-state index contributed by atoms with van der Waals surface area (Å²) in [5, 5.41) is 0. The zero-order chi connectivity index (χ0) is 21.9. The number of fused-ring (bicyclic) bond motifs is 3. The summed E-state index contributed by atoms with van der Waals surface area (Å²) in [5.74, 6) is 1.84. The van der Waals surface area contributed by atoms with E-state index in [1.54, 1.807) is 0 Å². The highest BCUT2D eigenvalue weighted by atomic mass is 17.2. The Balaban J connectivity index is 1.81. The van der Waals surface area contributed by atoms with Gasteiger partial charge in [0.25, 0.3) is 0 Å². The zero-order valence-corrected chi connectivity index (χ0v) is 19.3. The molecule has 2 unspecified atom stereocenters. The minimum atomic E-state index is -0.349. The first-order chi connectivity index (χ1) is 14.2. The Morgan fingerprint density at radius 2 is 1.47 bits per heavy atom. The Hall–Kier alpha value is -1.79. The second-order valence-electron chi connectivity index (χ2n) is 9.14. The number of ether oxygens (including phenoxy) is 3. The van der Waals surface area contributed by atoms with Crippen molar-refractivity contribution in [2.75, 3.05) is 20.8 Å². The van der Waals surface area contributed by atoms with Gasteiger partial charge < -0.3 is 14.2 Å². The molecule has 2 atom stereocenters. The molecular formula is C24H36O6. The van der Waals surface area contributed by atoms with Gasteiger partial charge in [-0.25, -0.2) is 9.78 Å². The molecule has 3 rings (SSSR count). The van der Waals surface area contributed by atoms with E-state index in [2.05, 4.69) is 27.7 Å². The average Bonchev–Trinajstić information content (AvgIpc) is 2.73. The summed E-state index contributed by atoms with van der Waals surface area (Å²) in [6.07, 6.45) is 6.64. The van der Waals surface area contributed by atoms with Gasteiger partial charge in [-0.05, 0) is 83.8 Å². The normalized spacial score (nSPS) is 25.0. The van der Waals surface area contributed by atoms with Crippen LogP contribution in [0.2, 0.25) is 0 Å². The first-order valence-corrected chi connectivity index (χ1v) is 11.0. The van der Waals surface area contributed by atoms with Crippen LogP contribution < -0.4 is 9.47 Å². The number of hydrogen-bond donors (Lipinski definition) is 0. The molecule has 6 heteroatoms. The molecule has 30 heavy (non-hydrogen) atoms. The second kappa shape index (κ2) is 9.15. The van der Waals surface area contributed by atoms with Crippen molar-refractivity contribution in [1.29, 1.82) is 0 Å². The van der Waals surface area contributed by atoms with Crippen LogP contribution in [0.4, 0.5) is 0 Å². The molecule has 2 heterocycles. The molecule has 2 aliphatic rings. The Morgan fingerprint density at radius 3 is 1.97 bits per heavy atom. The minimum Gasteiger partial charge on any atom is -0.487 e. The van der Waals surface area contributed by atoms with Crippen molar-refractivity contribution in [2.24, 2.45) is 0 Å². The Labute approximate surface area is 180 Å². The van der Waals surface area contributed by atoms with E-state index in [0.29, 0.717) is 19.4 Å². The number of carbonyl (C=O) groups is 1. The fraction of sp³-hybridized carbons (Fsp3) is 0.708. The monoisotopic (exact) mass is 420 g/mol. The van der Waals surface area contributed by atoms with Gasteiger partial charge in [0.2, 0.25) is 0 Å². The number of methoxy groups -OCH3 is 1. The van der Waals surface area contributed by atoms with Gasteiger partial charge in [-0.2, -0.15) is 0 Å². The zero-order valence-electron chi connectivity index (χ0n) is 19.3. The van der Waals surface area contributed by atoms with E-state index in [-0.39, 0.29) is 17.2 Å². The van der Waals surface area contributed by atoms with Crippen LogP contribution in [-0.4, -0.2) is 38.0 Å². The van der Waals surface area contributed by atoms with Crippen molar-refractivity contribution < 1.29 is 28.8 Å². The summed E-state index contributed by atoms with van der Waals surface area (Å²) in [4.78, 5) is 21.3. The van der Waals surface area contributed by atoms with E-state index in [9.17, 15) is 4.79 Å². The quantitative estimate of drug-likeness (QED) is 0.261. The first kappa shape index (κ1) is 22.9. The van der Waals surface area contributed by atoms with E-state index < -0.39 is 0 Å². The molecule has 2 aliphatic heterocycles. The third kappa shape index (κ3) is 4.75. The lowest BCUT2D eigenvalue weighted by molar-refractivity contribution is -0.273. The van der Waals surface area contributed by atoms with Crippen LogP contribution in [-0.2, 0) is 32.1 Å². The summed E-state index contributed by atoms with van der Waals surface area (Å²) in [7, 11) is 2.96. The largest absolute Gasteiger partial charge is 0.487 e. The summed E-state index contributed by atoms with van der Waals surface area (Å²) in [6.45, 7) is 9.10. The molecule has 0 fully saturated rings. The van der Waals surface area contributed by atoms with Crippen LogP contribution in [0.5, 0.6) is 11.5 Å². The van der Waals surface area contributed by atoms with Gasteiger partial charge in [-0.3, -0.25) is 4.79 Å². The number of benzene rings is 1. The van der Waals surface area contributed by atoms with Crippen LogP contribution in [0, 0.1) is 13.8 Å². The SMILES string of the molecule is COOCCCC1(C)CCc2c3c(c(C)c(C)c2O1)OC(C)(CCC(=O)OC)CC3. The second-order valence-corrected chi connectivity index (χ2v) is 9.14. The van der Waals surface area contributed by atoms with Gasteiger partial charge in [-0.15, -0.1) is 0 Å². The van der Waals surface area contributed by atoms with Crippen LogP contribution >= 0.6 is 0 Å². The Kier molecular flexibility index (Phi) is 6.98. The van der Waals surface area contributed by atoms with E-state index in [1.165, 1.54) is 25.3 Å². The predicted octanol–water partition coefficient (Wildman–Crippen LogP) is 4.78. The lowest BCUT2D eigenvalue weighted by Gasteiger charge is -2.42. The third-order valence-corrected chi connectivity index (χ3v) is 6.80. The van der Waals surface area contributed by atoms with Crippen LogP contribution in [0.25, 0.3) is 0 Å². The van der Waals surface area contributed by atoms with Gasteiger partial charge >= 0.3 is 5.97 Å². The van der Waals surface area contributed by atoms with Gasteiger partial charge in [0.15, 0.2) is 0 Å². The van der Waals surface area contributed by atoms with Gasteiger partial charge in [-0.1, -0.05) is 0 Å². The van der Waals surface area contributed by atoms with Crippen LogP contribution in [0.15, 0.2) is 0 Å². The molecule has 0 saturated heterocycles. The lowest BCUT2D eigenvalue weighted by Crippen LogP contribution is -2.40. The predicted molar refractivity (Wildman–Crippen MR) is 114 cm³/mol. The molecule has 0 N–H and O–H groups in total. The van der Waals surface area contributed by atoms with Crippen LogP contribution in [0.3, 0.4) is 0 Å². The van der Waals surface area contributed by atoms with Crippen molar-refractivity contribution >= 4 is 5.97 Å². The summed E-state index contributed by atoms with van der Waals surface area (Å²) in [5.41, 5.74) is 4.33. The fourth-order valence-electron chi connectivity index (χ4n) is 4.66. The highest BCUT2D eigenvalue weighted by molar-refractivity contribution is 5.69. The Bertz CT molecular complexity index is 789. The molecule has 0 bridgehead atoms. The molecular weight excluding hydrogens is 384 g/mol. The minimum absolute atomic E-state index is 0.187. The van der Waals surface area contributed by atoms with E-state index in [1.807, 2.05) is 0 Å². The van der Waals surface area contributed by atoms with Crippen molar-refractivity contribution in [3.05, 3.63) is 22.3 Å². The third-order valence-electron chi connectivity index (χ3n) is 6.80. The number of esters is 1. The molecule has 0 saturated carbocycles. The van der Waals surface area contributed by atoms with Crippen LogP contribution in [0.1, 0.15) is 74.6 Å². The highest BCUT2D eigenvalue weighted by Crippen LogP contribution is 2.49. The maximum absolute atomic E-state index is 11.6. The molecule has 0 aliphatic carbocycles. The first-order valence-electron chi connectivity index (χ1n) is 11.0. The molecule has 0 aromatic heterocycles. The summed E-state index contributed by atoms with van der Waals surface area (Å²) in [6, 6.07) is 0. The topological polar surface area (TPSA) is 63.2 Å². The maximum atomic E-state index is 11.6. The molecule has 1 aromatic carbocycles. The molecule has 6 nitrogen and oxygen atoms in total. The standard InChI is InChI=1S/C24H36O6/c1-16-17(2)22-19(9-13-24(4,30-22)14-10-20(25)26-5)18-8-12-23(3,29-21(16)18)11-7-15-28-27-6/h7-15H2,1-6H3. The van der Waals surface area contributed by atoms with Crippen molar-refractivity contribution in [3.63, 3.8) is 0 Å². The lowest BCUT2D eigenvalue weighted by atomic mass is 9.80. The molecule has 1 aromatic rings. The van der Waals surface area contributed by atoms with Crippen molar-refractivity contribution in [3.8, 4) is 11.5 Å². The molecule has 0 spiro atoms. The number of carbonyl (C=O) groups excluding carboxylic acids is 1. The van der Waals surface area contributed by atoms with Crippen molar-refractivity contribution in [2.45, 2.75) is 90.3 Å². The van der Waals surface area contributed by atoms with E-state index in [4.69, 9.17) is 24.0 Å². The molecule has 0 amide bonds. The number of rotatable bonds is 8. The van der Waals surface area contributed by atoms with Gasteiger partial charge in [0.1, 0.15) is 22.7 Å². The van der Waals surface area contributed by atoms with Gasteiger partial charge in [0.05, 0.1) is 20.8 Å². The fourth-order valence-corrected chi connectivity index (χ4v) is 4.66. The number of hydrogen-bond acceptors (Lipinski definition) is 6. The smallest absolute Gasteiger partial charge is 0.305 e. The van der Waals surface area contributed by atoms with Crippen molar-refractivity contribution in [1.82, 2.24) is 0 Å². The molecule has 168 valence electrons. The average molecular weight is 421 g/mol. The maximum Gasteiger partial charge on any atom is 0.305 e. The molecule has 0 radical (unpaired) electrons.